The Bertz CT molecular complexity index is 578. The molecule has 0 bridgehead atoms. The molecule has 0 aliphatic rings. The third kappa shape index (κ3) is 3.77. The highest BCUT2D eigenvalue weighted by Gasteiger charge is 2.19. The maximum absolute atomic E-state index is 6.42. The summed E-state index contributed by atoms with van der Waals surface area (Å²) in [6.07, 6.45) is 1.07. The fraction of sp³-hybridized carbons (Fsp3) is 0.333. The molecule has 20 heavy (non-hydrogen) atoms. The van der Waals surface area contributed by atoms with Crippen LogP contribution < -0.4 is 5.32 Å². The molecule has 1 unspecified atom stereocenters. The van der Waals surface area contributed by atoms with E-state index in [1.54, 1.807) is 11.3 Å². The number of aryl methyl sites for hydroxylation is 1. The maximum Gasteiger partial charge on any atom is 0.107 e. The minimum Gasteiger partial charge on any atom is -0.306 e. The van der Waals surface area contributed by atoms with Gasteiger partial charge in [-0.2, -0.15) is 0 Å². The second-order valence-corrected chi connectivity index (χ2v) is 7.63. The maximum atomic E-state index is 6.42. The molecule has 0 saturated heterocycles. The summed E-state index contributed by atoms with van der Waals surface area (Å²) < 4.78 is 1.71. The van der Waals surface area contributed by atoms with E-state index in [0.717, 1.165) is 32.4 Å². The van der Waals surface area contributed by atoms with Gasteiger partial charge < -0.3 is 5.32 Å². The van der Waals surface area contributed by atoms with E-state index < -0.39 is 0 Å². The number of benzene rings is 1. The van der Waals surface area contributed by atoms with E-state index in [1.165, 1.54) is 10.4 Å². The monoisotopic (exact) mass is 391 g/mol. The molecule has 1 heterocycles. The zero-order valence-corrected chi connectivity index (χ0v) is 15.3. The lowest BCUT2D eigenvalue weighted by molar-refractivity contribution is 0.606. The molecule has 1 N–H and O–H groups in total. The lowest BCUT2D eigenvalue weighted by Crippen LogP contribution is -2.22. The summed E-state index contributed by atoms with van der Waals surface area (Å²) in [5.41, 5.74) is 2.26. The van der Waals surface area contributed by atoms with Gasteiger partial charge in [-0.15, -0.1) is 11.3 Å². The van der Waals surface area contributed by atoms with Crippen molar-refractivity contribution in [3.63, 3.8) is 0 Å². The minimum absolute atomic E-state index is 0.0804. The van der Waals surface area contributed by atoms with E-state index in [9.17, 15) is 0 Å². The minimum atomic E-state index is 0.0804. The van der Waals surface area contributed by atoms with Crippen LogP contribution in [0.5, 0.6) is 0 Å². The van der Waals surface area contributed by atoms with Gasteiger partial charge in [-0.3, -0.25) is 0 Å². The van der Waals surface area contributed by atoms with Gasteiger partial charge in [0.05, 0.1) is 6.04 Å². The molecule has 1 nitrogen and oxygen atoms in total. The first-order chi connectivity index (χ1) is 9.52. The van der Waals surface area contributed by atoms with E-state index >= 15 is 0 Å². The predicted molar refractivity (Wildman–Crippen MR) is 93.4 cm³/mol. The molecule has 1 atom stereocenters. The summed E-state index contributed by atoms with van der Waals surface area (Å²) in [7, 11) is 0. The average molecular weight is 393 g/mol. The molecular weight excluding hydrogens is 377 g/mol. The van der Waals surface area contributed by atoms with Gasteiger partial charge >= 0.3 is 0 Å². The summed E-state index contributed by atoms with van der Waals surface area (Å²) >= 11 is 17.6. The van der Waals surface area contributed by atoms with Gasteiger partial charge in [0.2, 0.25) is 0 Å². The summed E-state index contributed by atoms with van der Waals surface area (Å²) in [5.74, 6) is 0. The number of rotatable bonds is 5. The lowest BCUT2D eigenvalue weighted by atomic mass is 10.0. The van der Waals surface area contributed by atoms with Crippen LogP contribution in [0.1, 0.15) is 35.4 Å². The molecule has 1 aromatic carbocycles. The van der Waals surface area contributed by atoms with E-state index in [0.29, 0.717) is 0 Å². The molecule has 2 rings (SSSR count). The topological polar surface area (TPSA) is 12.0 Å². The summed E-state index contributed by atoms with van der Waals surface area (Å²) in [6, 6.07) is 8.33. The fourth-order valence-electron chi connectivity index (χ4n) is 2.02. The molecule has 0 spiro atoms. The second kappa shape index (κ2) is 7.28. The van der Waals surface area contributed by atoms with Crippen LogP contribution in [-0.4, -0.2) is 6.54 Å². The van der Waals surface area contributed by atoms with Crippen LogP contribution in [-0.2, 0) is 0 Å². The van der Waals surface area contributed by atoms with Gasteiger partial charge in [0.15, 0.2) is 0 Å². The van der Waals surface area contributed by atoms with Crippen LogP contribution in [0.15, 0.2) is 28.7 Å². The molecule has 0 saturated carbocycles. The van der Waals surface area contributed by atoms with Crippen molar-refractivity contribution in [1.29, 1.82) is 0 Å². The van der Waals surface area contributed by atoms with E-state index in [4.69, 9.17) is 23.2 Å². The first kappa shape index (κ1) is 16.3. The highest BCUT2D eigenvalue weighted by atomic mass is 79.9. The van der Waals surface area contributed by atoms with Crippen molar-refractivity contribution in [2.24, 2.45) is 0 Å². The molecular formula is C15H16BrCl2NS. The summed E-state index contributed by atoms with van der Waals surface area (Å²) in [5, 5.41) is 4.34. The van der Waals surface area contributed by atoms with E-state index in [2.05, 4.69) is 46.4 Å². The molecule has 0 radical (unpaired) electrons. The van der Waals surface area contributed by atoms with Gasteiger partial charge in [-0.1, -0.05) is 42.3 Å². The van der Waals surface area contributed by atoms with Gasteiger partial charge in [-0.05, 0) is 59.1 Å². The molecule has 5 heteroatoms. The number of thiophene rings is 1. The van der Waals surface area contributed by atoms with E-state index in [1.807, 2.05) is 13.0 Å². The fourth-order valence-corrected chi connectivity index (χ4v) is 4.20. The Morgan fingerprint density at radius 1 is 1.30 bits per heavy atom. The highest BCUT2D eigenvalue weighted by Crippen LogP contribution is 2.39. The SMILES string of the molecule is CCCNC(c1cc(Br)c(Cl)s1)c1ccc(C)cc1Cl. The molecule has 1 aromatic heterocycles. The van der Waals surface area contributed by atoms with Crippen LogP contribution >= 0.6 is 50.5 Å². The Kier molecular flexibility index (Phi) is 5.94. The Morgan fingerprint density at radius 3 is 2.60 bits per heavy atom. The Labute approximate surface area is 142 Å². The summed E-state index contributed by atoms with van der Waals surface area (Å²) in [6.45, 7) is 5.13. The smallest absolute Gasteiger partial charge is 0.107 e. The van der Waals surface area contributed by atoms with Crippen molar-refractivity contribution in [3.05, 3.63) is 54.1 Å². The number of nitrogens with one attached hydrogen (secondary N) is 1. The Balaban J connectivity index is 2.41. The molecule has 0 aliphatic carbocycles. The van der Waals surface area contributed by atoms with Crippen molar-refractivity contribution in [3.8, 4) is 0 Å². The zero-order chi connectivity index (χ0) is 14.7. The van der Waals surface area contributed by atoms with Gasteiger partial charge in [0.1, 0.15) is 4.34 Å². The number of halogens is 3. The van der Waals surface area contributed by atoms with Crippen LogP contribution in [0.3, 0.4) is 0 Å². The van der Waals surface area contributed by atoms with Crippen molar-refractivity contribution >= 4 is 50.5 Å². The van der Waals surface area contributed by atoms with Gasteiger partial charge in [-0.25, -0.2) is 0 Å². The van der Waals surface area contributed by atoms with Crippen molar-refractivity contribution in [2.75, 3.05) is 6.54 Å². The largest absolute Gasteiger partial charge is 0.306 e. The first-order valence-corrected chi connectivity index (χ1v) is 8.83. The van der Waals surface area contributed by atoms with Crippen molar-refractivity contribution < 1.29 is 0 Å². The average Bonchev–Trinajstić information content (AvgIpc) is 2.72. The molecule has 108 valence electrons. The second-order valence-electron chi connectivity index (χ2n) is 4.68. The normalized spacial score (nSPS) is 12.7. The standard InChI is InChI=1S/C15H16BrCl2NS/c1-3-6-19-14(13-8-11(16)15(18)20-13)10-5-4-9(2)7-12(10)17/h4-5,7-8,14,19H,3,6H2,1-2H3. The number of hydrogen-bond donors (Lipinski definition) is 1. The van der Waals surface area contributed by atoms with E-state index in [-0.39, 0.29) is 6.04 Å². The third-order valence-electron chi connectivity index (χ3n) is 3.01. The zero-order valence-electron chi connectivity index (χ0n) is 11.3. The number of hydrogen-bond acceptors (Lipinski definition) is 2. The quantitative estimate of drug-likeness (QED) is 0.637. The highest BCUT2D eigenvalue weighted by molar-refractivity contribution is 9.10. The van der Waals surface area contributed by atoms with Crippen LogP contribution in [0.25, 0.3) is 0 Å². The van der Waals surface area contributed by atoms with Crippen molar-refractivity contribution in [1.82, 2.24) is 5.32 Å². The van der Waals surface area contributed by atoms with Crippen molar-refractivity contribution in [2.45, 2.75) is 26.3 Å². The van der Waals surface area contributed by atoms with Crippen LogP contribution in [0.2, 0.25) is 9.36 Å². The van der Waals surface area contributed by atoms with Gasteiger partial charge in [0, 0.05) is 14.4 Å². The molecule has 2 aromatic rings. The first-order valence-electron chi connectivity index (χ1n) is 6.47. The van der Waals surface area contributed by atoms with Gasteiger partial charge in [0.25, 0.3) is 0 Å². The summed E-state index contributed by atoms with van der Waals surface area (Å²) in [4.78, 5) is 1.17. The third-order valence-corrected chi connectivity index (χ3v) is 5.88. The van der Waals surface area contributed by atoms with Crippen LogP contribution in [0, 0.1) is 6.92 Å². The molecule has 0 aliphatic heterocycles. The predicted octanol–water partition coefficient (Wildman–Crippen LogP) is 6.21. The molecule has 0 fully saturated rings. The Morgan fingerprint density at radius 2 is 2.05 bits per heavy atom. The molecule has 0 amide bonds. The Hall–Kier alpha value is -0.0600. The van der Waals surface area contributed by atoms with Crippen LogP contribution in [0.4, 0.5) is 0 Å². The lowest BCUT2D eigenvalue weighted by Gasteiger charge is -2.19.